The highest BCUT2D eigenvalue weighted by atomic mass is 19.4. The molecule has 0 aromatic carbocycles. The number of hydrogen-bond acceptors (Lipinski definition) is 2. The van der Waals surface area contributed by atoms with Crippen LogP contribution in [0.5, 0.6) is 0 Å². The molecule has 9 heteroatoms. The first kappa shape index (κ1) is 15.7. The first-order valence-electron chi connectivity index (χ1n) is 4.51. The van der Waals surface area contributed by atoms with Crippen LogP contribution in [0.3, 0.4) is 0 Å². The Labute approximate surface area is 92.4 Å². The molecule has 3 nitrogen and oxygen atoms in total. The lowest BCUT2D eigenvalue weighted by atomic mass is 10.3. The van der Waals surface area contributed by atoms with Crippen LogP contribution in [-0.4, -0.2) is 35.6 Å². The molecule has 0 saturated heterocycles. The first-order valence-corrected chi connectivity index (χ1v) is 4.51. The van der Waals surface area contributed by atoms with E-state index in [1.807, 2.05) is 0 Å². The largest absolute Gasteiger partial charge is 0.471 e. The third-order valence-corrected chi connectivity index (χ3v) is 1.71. The van der Waals surface area contributed by atoms with Crippen molar-refractivity contribution < 1.29 is 35.9 Å². The van der Waals surface area contributed by atoms with E-state index in [2.05, 4.69) is 0 Å². The molecule has 0 heterocycles. The Balaban J connectivity index is 5.02. The summed E-state index contributed by atoms with van der Waals surface area (Å²) in [6.07, 6.45) is -10.9. The Morgan fingerprint density at radius 1 is 0.941 bits per heavy atom. The minimum Gasteiger partial charge on any atom is -0.267 e. The molecule has 0 spiro atoms. The van der Waals surface area contributed by atoms with E-state index in [4.69, 9.17) is 0 Å². The lowest BCUT2D eigenvalue weighted by Gasteiger charge is -2.22. The predicted octanol–water partition coefficient (Wildman–Crippen LogP) is 2.27. The molecule has 0 saturated carbocycles. The van der Waals surface area contributed by atoms with Crippen molar-refractivity contribution in [2.24, 2.45) is 0 Å². The summed E-state index contributed by atoms with van der Waals surface area (Å²) in [5.41, 5.74) is 0. The van der Waals surface area contributed by atoms with Crippen molar-refractivity contribution in [3.63, 3.8) is 0 Å². The zero-order chi connectivity index (χ0) is 13.9. The van der Waals surface area contributed by atoms with Crippen molar-refractivity contribution in [2.45, 2.75) is 32.1 Å². The number of amides is 2. The average Bonchev–Trinajstić information content (AvgIpc) is 2.14. The molecule has 0 unspecified atom stereocenters. The smallest absolute Gasteiger partial charge is 0.267 e. The minimum absolute atomic E-state index is 0.135. The summed E-state index contributed by atoms with van der Waals surface area (Å²) < 4.78 is 71.8. The fraction of sp³-hybridized carbons (Fsp3) is 0.750. The van der Waals surface area contributed by atoms with E-state index in [0.717, 1.165) is 0 Å². The molecule has 0 aromatic heterocycles. The van der Waals surface area contributed by atoms with Gasteiger partial charge in [-0.2, -0.15) is 26.3 Å². The summed E-state index contributed by atoms with van der Waals surface area (Å²) >= 11 is 0. The third kappa shape index (κ3) is 4.61. The Morgan fingerprint density at radius 2 is 1.29 bits per heavy atom. The van der Waals surface area contributed by atoms with Crippen LogP contribution in [0.2, 0.25) is 0 Å². The van der Waals surface area contributed by atoms with Crippen LogP contribution in [0, 0.1) is 0 Å². The van der Waals surface area contributed by atoms with Gasteiger partial charge < -0.3 is 0 Å². The van der Waals surface area contributed by atoms with E-state index >= 15 is 0 Å². The summed E-state index contributed by atoms with van der Waals surface area (Å²) in [5.74, 6) is -5.60. The van der Waals surface area contributed by atoms with Crippen LogP contribution in [0.1, 0.15) is 19.8 Å². The zero-order valence-corrected chi connectivity index (χ0v) is 8.65. The van der Waals surface area contributed by atoms with Crippen molar-refractivity contribution in [3.05, 3.63) is 0 Å². The van der Waals surface area contributed by atoms with E-state index in [9.17, 15) is 35.9 Å². The van der Waals surface area contributed by atoms with Gasteiger partial charge in [0.05, 0.1) is 0 Å². The van der Waals surface area contributed by atoms with E-state index in [1.54, 1.807) is 0 Å². The molecule has 2 amide bonds. The van der Waals surface area contributed by atoms with Gasteiger partial charge in [-0.05, 0) is 6.42 Å². The van der Waals surface area contributed by atoms with Crippen molar-refractivity contribution in [3.8, 4) is 0 Å². The fourth-order valence-electron chi connectivity index (χ4n) is 0.918. The van der Waals surface area contributed by atoms with Gasteiger partial charge in [0.2, 0.25) is 0 Å². The van der Waals surface area contributed by atoms with E-state index in [1.165, 1.54) is 6.92 Å². The highest BCUT2D eigenvalue weighted by Gasteiger charge is 2.51. The van der Waals surface area contributed by atoms with Gasteiger partial charge in [-0.15, -0.1) is 0 Å². The quantitative estimate of drug-likeness (QED) is 0.734. The normalized spacial score (nSPS) is 12.4. The molecule has 0 atom stereocenters. The zero-order valence-electron chi connectivity index (χ0n) is 8.65. The van der Waals surface area contributed by atoms with Crippen molar-refractivity contribution in [2.75, 3.05) is 6.54 Å². The Morgan fingerprint density at radius 3 is 1.53 bits per heavy atom. The van der Waals surface area contributed by atoms with Crippen LogP contribution in [-0.2, 0) is 9.59 Å². The maximum absolute atomic E-state index is 12.0. The molecule has 0 aromatic rings. The summed E-state index contributed by atoms with van der Waals surface area (Å²) in [7, 11) is 0. The lowest BCUT2D eigenvalue weighted by molar-refractivity contribution is -0.204. The summed E-state index contributed by atoms with van der Waals surface area (Å²) in [6, 6.07) is 0. The Bertz CT molecular complexity index is 269. The number of nitrogens with zero attached hydrogens (tertiary/aromatic N) is 1. The number of unbranched alkanes of at least 4 members (excludes halogenated alkanes) is 1. The monoisotopic (exact) mass is 265 g/mol. The van der Waals surface area contributed by atoms with Gasteiger partial charge >= 0.3 is 24.2 Å². The molecular weight excluding hydrogens is 256 g/mol. The molecule has 0 aliphatic rings. The minimum atomic E-state index is -5.51. The van der Waals surface area contributed by atoms with Crippen LogP contribution in [0.25, 0.3) is 0 Å². The van der Waals surface area contributed by atoms with Crippen molar-refractivity contribution in [1.29, 1.82) is 0 Å². The van der Waals surface area contributed by atoms with Crippen LogP contribution in [0.4, 0.5) is 26.3 Å². The van der Waals surface area contributed by atoms with Crippen molar-refractivity contribution >= 4 is 11.8 Å². The molecule has 0 bridgehead atoms. The topological polar surface area (TPSA) is 37.4 Å². The SMILES string of the molecule is CCCCN(C(=O)C(F)(F)F)C(=O)C(F)(F)F. The first-order chi connectivity index (χ1) is 7.51. The van der Waals surface area contributed by atoms with Crippen LogP contribution < -0.4 is 0 Å². The lowest BCUT2D eigenvalue weighted by Crippen LogP contribution is -2.50. The highest BCUT2D eigenvalue weighted by molar-refractivity contribution is 6.00. The number of carbonyl (C=O) groups excluding carboxylic acids is 2. The number of imide groups is 1. The summed E-state index contributed by atoms with van der Waals surface area (Å²) in [6.45, 7) is 0.585. The number of halogens is 6. The number of alkyl halides is 6. The van der Waals surface area contributed by atoms with Crippen LogP contribution in [0.15, 0.2) is 0 Å². The summed E-state index contributed by atoms with van der Waals surface area (Å²) in [5, 5.41) is 0. The number of rotatable bonds is 3. The number of carbonyl (C=O) groups is 2. The maximum Gasteiger partial charge on any atom is 0.471 e. The molecule has 0 rings (SSSR count). The molecule has 17 heavy (non-hydrogen) atoms. The Hall–Kier alpha value is -1.28. The maximum atomic E-state index is 12.0. The molecule has 0 N–H and O–H groups in total. The molecular formula is C8H9F6NO2. The van der Waals surface area contributed by atoms with Gasteiger partial charge in [0.1, 0.15) is 0 Å². The number of hydrogen-bond donors (Lipinski definition) is 0. The molecule has 0 fully saturated rings. The van der Waals surface area contributed by atoms with Gasteiger partial charge in [0.15, 0.2) is 0 Å². The predicted molar refractivity (Wildman–Crippen MR) is 43.7 cm³/mol. The van der Waals surface area contributed by atoms with Gasteiger partial charge in [-0.1, -0.05) is 13.3 Å². The van der Waals surface area contributed by atoms with Crippen molar-refractivity contribution in [1.82, 2.24) is 4.90 Å². The van der Waals surface area contributed by atoms with E-state index < -0.39 is 35.6 Å². The van der Waals surface area contributed by atoms with Gasteiger partial charge in [0.25, 0.3) is 0 Å². The highest BCUT2D eigenvalue weighted by Crippen LogP contribution is 2.24. The average molecular weight is 265 g/mol. The third-order valence-electron chi connectivity index (χ3n) is 1.71. The van der Waals surface area contributed by atoms with Gasteiger partial charge in [-0.25, -0.2) is 0 Å². The fourth-order valence-corrected chi connectivity index (χ4v) is 0.918. The summed E-state index contributed by atoms with van der Waals surface area (Å²) in [4.78, 5) is 20.5. The molecule has 0 radical (unpaired) electrons. The van der Waals surface area contributed by atoms with Gasteiger partial charge in [0, 0.05) is 6.54 Å². The molecule has 0 aliphatic heterocycles. The second-order valence-corrected chi connectivity index (χ2v) is 3.11. The Kier molecular flexibility index (Phi) is 4.96. The molecule has 0 aliphatic carbocycles. The second kappa shape index (κ2) is 5.37. The molecule has 100 valence electrons. The van der Waals surface area contributed by atoms with Gasteiger partial charge in [-0.3, -0.25) is 14.5 Å². The van der Waals surface area contributed by atoms with E-state index in [-0.39, 0.29) is 12.8 Å². The van der Waals surface area contributed by atoms with Crippen LogP contribution >= 0.6 is 0 Å². The van der Waals surface area contributed by atoms with E-state index in [0.29, 0.717) is 0 Å². The standard InChI is InChI=1S/C8H9F6NO2/c1-2-3-4-15(5(16)7(9,10)11)6(17)8(12,13)14/h2-4H2,1H3. The second-order valence-electron chi connectivity index (χ2n) is 3.11.